The van der Waals surface area contributed by atoms with E-state index in [2.05, 4.69) is 11.8 Å². The van der Waals surface area contributed by atoms with E-state index in [9.17, 15) is 4.79 Å². The van der Waals surface area contributed by atoms with Crippen LogP contribution in [0.4, 0.5) is 4.79 Å². The summed E-state index contributed by atoms with van der Waals surface area (Å²) in [5.41, 5.74) is 0.601. The Morgan fingerprint density at radius 1 is 0.935 bits per heavy atom. The van der Waals surface area contributed by atoms with E-state index in [0.717, 1.165) is 42.9 Å². The molecule has 1 amide bonds. The number of hydrogen-bond acceptors (Lipinski definition) is 4. The molecule has 0 aromatic heterocycles. The van der Waals surface area contributed by atoms with Crippen LogP contribution in [0.3, 0.4) is 0 Å². The highest BCUT2D eigenvalue weighted by Crippen LogP contribution is 2.33. The Bertz CT molecular complexity index is 891. The van der Waals surface area contributed by atoms with E-state index in [-0.39, 0.29) is 12.1 Å². The van der Waals surface area contributed by atoms with Crippen molar-refractivity contribution in [3.8, 4) is 23.3 Å². The average Bonchev–Trinajstić information content (AvgIpc) is 2.76. The summed E-state index contributed by atoms with van der Waals surface area (Å²) in [7, 11) is 0. The van der Waals surface area contributed by atoms with Crippen molar-refractivity contribution >= 4 is 6.09 Å². The molecule has 0 aliphatic carbocycles. The van der Waals surface area contributed by atoms with E-state index in [1.54, 1.807) is 0 Å². The molecule has 1 atom stereocenters. The van der Waals surface area contributed by atoms with Crippen LogP contribution in [0.5, 0.6) is 11.5 Å². The number of nitrogens with zero attached hydrogens (tertiary/aromatic N) is 1. The minimum Gasteiger partial charge on any atom is -0.481 e. The van der Waals surface area contributed by atoms with Gasteiger partial charge in [-0.2, -0.15) is 0 Å². The minimum absolute atomic E-state index is 0.0348. The first-order valence-corrected chi connectivity index (χ1v) is 10.8. The van der Waals surface area contributed by atoms with Crippen LogP contribution >= 0.6 is 0 Å². The lowest BCUT2D eigenvalue weighted by molar-refractivity contribution is 0.00951. The lowest BCUT2D eigenvalue weighted by Gasteiger charge is -2.37. The van der Waals surface area contributed by atoms with Gasteiger partial charge in [-0.05, 0) is 69.9 Å². The number of carbonyl (C=O) groups is 1. The second-order valence-electron chi connectivity index (χ2n) is 8.50. The maximum atomic E-state index is 12.6. The molecule has 3 rings (SSSR count). The molecule has 5 heteroatoms. The molecule has 0 radical (unpaired) electrons. The Balaban J connectivity index is 1.50. The highest BCUT2D eigenvalue weighted by molar-refractivity contribution is 5.69. The number of benzene rings is 2. The topological polar surface area (TPSA) is 48.0 Å². The molecular formula is C26H31NO4. The lowest BCUT2D eigenvalue weighted by atomic mass is 9.95. The van der Waals surface area contributed by atoms with Gasteiger partial charge in [-0.25, -0.2) is 4.79 Å². The first kappa shape index (κ1) is 22.6. The molecule has 164 valence electrons. The van der Waals surface area contributed by atoms with E-state index in [1.807, 2.05) is 80.3 Å². The van der Waals surface area contributed by atoms with Crippen LogP contribution in [-0.2, 0) is 4.74 Å². The van der Waals surface area contributed by atoms with Crippen molar-refractivity contribution in [3.63, 3.8) is 0 Å². The normalized spacial score (nSPS) is 16.1. The minimum atomic E-state index is -0.496. The van der Waals surface area contributed by atoms with Gasteiger partial charge in [-0.15, -0.1) is 0 Å². The van der Waals surface area contributed by atoms with Crippen molar-refractivity contribution in [2.45, 2.75) is 51.7 Å². The van der Waals surface area contributed by atoms with E-state index in [1.165, 1.54) is 0 Å². The third-order valence-electron chi connectivity index (χ3n) is 4.89. The lowest BCUT2D eigenvalue weighted by Crippen LogP contribution is -2.41. The molecular weight excluding hydrogens is 390 g/mol. The quantitative estimate of drug-likeness (QED) is 0.589. The monoisotopic (exact) mass is 421 g/mol. The van der Waals surface area contributed by atoms with Gasteiger partial charge in [0.05, 0.1) is 6.04 Å². The number of rotatable bonds is 5. The number of ether oxygens (including phenoxy) is 3. The molecule has 0 spiro atoms. The fourth-order valence-electron chi connectivity index (χ4n) is 3.46. The molecule has 2 aromatic carbocycles. The molecule has 1 aliphatic rings. The molecule has 0 saturated carbocycles. The van der Waals surface area contributed by atoms with Crippen molar-refractivity contribution in [2.75, 3.05) is 19.8 Å². The predicted octanol–water partition coefficient (Wildman–Crippen LogP) is 5.61. The number of hydrogen-bond donors (Lipinski definition) is 0. The van der Waals surface area contributed by atoms with Gasteiger partial charge in [0.2, 0.25) is 0 Å². The Kier molecular flexibility index (Phi) is 7.83. The van der Waals surface area contributed by atoms with Gasteiger partial charge in [0.15, 0.2) is 0 Å². The number of para-hydroxylation sites is 1. The molecule has 1 heterocycles. The molecule has 31 heavy (non-hydrogen) atoms. The fraction of sp³-hybridized carbons (Fsp3) is 0.423. The maximum absolute atomic E-state index is 12.6. The number of likely N-dealkylation sites (tertiary alicyclic amines) is 1. The van der Waals surface area contributed by atoms with Crippen molar-refractivity contribution in [1.82, 2.24) is 4.90 Å². The SMILES string of the molecule is CC(C)(C)OC(=O)N1CCCCC1c1ccc(OCC#CCOc2ccccc2)cc1. The first-order valence-electron chi connectivity index (χ1n) is 10.8. The number of piperidine rings is 1. The van der Waals surface area contributed by atoms with Crippen molar-refractivity contribution in [3.05, 3.63) is 60.2 Å². The second kappa shape index (κ2) is 10.8. The van der Waals surface area contributed by atoms with Crippen LogP contribution in [0.1, 0.15) is 51.6 Å². The highest BCUT2D eigenvalue weighted by Gasteiger charge is 2.31. The van der Waals surface area contributed by atoms with E-state index in [0.29, 0.717) is 13.2 Å². The molecule has 1 fully saturated rings. The van der Waals surface area contributed by atoms with Crippen molar-refractivity contribution in [2.24, 2.45) is 0 Å². The molecule has 1 unspecified atom stereocenters. The van der Waals surface area contributed by atoms with Crippen LogP contribution in [0.2, 0.25) is 0 Å². The van der Waals surface area contributed by atoms with Crippen molar-refractivity contribution in [1.29, 1.82) is 0 Å². The summed E-state index contributed by atoms with van der Waals surface area (Å²) in [6.07, 6.45) is 2.80. The number of carbonyl (C=O) groups excluding carboxylic acids is 1. The maximum Gasteiger partial charge on any atom is 0.410 e. The summed E-state index contributed by atoms with van der Waals surface area (Å²) in [6, 6.07) is 17.5. The van der Waals surface area contributed by atoms with Crippen molar-refractivity contribution < 1.29 is 19.0 Å². The van der Waals surface area contributed by atoms with Crippen LogP contribution in [0.25, 0.3) is 0 Å². The van der Waals surface area contributed by atoms with E-state index >= 15 is 0 Å². The molecule has 0 N–H and O–H groups in total. The standard InChI is InChI=1S/C26H31NO4/c1-26(2,3)31-25(28)27-18-8-7-13-24(27)21-14-16-23(17-15-21)30-20-10-9-19-29-22-11-5-4-6-12-22/h4-6,11-12,14-17,24H,7-8,13,18-20H2,1-3H3. The zero-order valence-corrected chi connectivity index (χ0v) is 18.6. The van der Waals surface area contributed by atoms with E-state index < -0.39 is 5.60 Å². The molecule has 1 aliphatic heterocycles. The Morgan fingerprint density at radius 2 is 1.55 bits per heavy atom. The third-order valence-corrected chi connectivity index (χ3v) is 4.89. The van der Waals surface area contributed by atoms with Crippen LogP contribution in [0, 0.1) is 11.8 Å². The predicted molar refractivity (Wildman–Crippen MR) is 121 cm³/mol. The zero-order valence-electron chi connectivity index (χ0n) is 18.6. The van der Waals surface area contributed by atoms with Crippen LogP contribution in [-0.4, -0.2) is 36.4 Å². The summed E-state index contributed by atoms with van der Waals surface area (Å²) in [5.74, 6) is 7.46. The number of amides is 1. The van der Waals surface area contributed by atoms with Gasteiger partial charge in [0.1, 0.15) is 30.3 Å². The summed E-state index contributed by atoms with van der Waals surface area (Å²) in [4.78, 5) is 14.5. The molecule has 5 nitrogen and oxygen atoms in total. The third kappa shape index (κ3) is 7.25. The van der Waals surface area contributed by atoms with Crippen LogP contribution in [0.15, 0.2) is 54.6 Å². The van der Waals surface area contributed by atoms with Gasteiger partial charge in [0, 0.05) is 6.54 Å². The molecule has 2 aromatic rings. The Morgan fingerprint density at radius 3 is 2.16 bits per heavy atom. The molecule has 1 saturated heterocycles. The summed E-state index contributed by atoms with van der Waals surface area (Å²) in [6.45, 7) is 7.03. The van der Waals surface area contributed by atoms with Gasteiger partial charge in [-0.1, -0.05) is 42.2 Å². The van der Waals surface area contributed by atoms with Gasteiger partial charge in [0.25, 0.3) is 0 Å². The van der Waals surface area contributed by atoms with E-state index in [4.69, 9.17) is 14.2 Å². The fourth-order valence-corrected chi connectivity index (χ4v) is 3.46. The summed E-state index contributed by atoms with van der Waals surface area (Å²) >= 11 is 0. The van der Waals surface area contributed by atoms with Gasteiger partial charge < -0.3 is 19.1 Å². The summed E-state index contributed by atoms with van der Waals surface area (Å²) in [5, 5.41) is 0. The Hall–Kier alpha value is -3.13. The highest BCUT2D eigenvalue weighted by atomic mass is 16.6. The summed E-state index contributed by atoms with van der Waals surface area (Å²) < 4.78 is 16.8. The van der Waals surface area contributed by atoms with Gasteiger partial charge >= 0.3 is 6.09 Å². The van der Waals surface area contributed by atoms with Crippen LogP contribution < -0.4 is 9.47 Å². The largest absolute Gasteiger partial charge is 0.481 e. The average molecular weight is 422 g/mol. The zero-order chi connectivity index (χ0) is 22.1. The smallest absolute Gasteiger partial charge is 0.410 e. The second-order valence-corrected chi connectivity index (χ2v) is 8.50. The Labute approximate surface area is 185 Å². The first-order chi connectivity index (χ1) is 14.9. The molecule has 0 bridgehead atoms. The van der Waals surface area contributed by atoms with Gasteiger partial charge in [-0.3, -0.25) is 0 Å².